The highest BCUT2D eigenvalue weighted by Crippen LogP contribution is 2.33. The zero-order valence-corrected chi connectivity index (χ0v) is 12.5. The van der Waals surface area contributed by atoms with E-state index in [9.17, 15) is 0 Å². The molecule has 2 fully saturated rings. The SMILES string of the molecule is CN1CCCCC1CNCC1(N(C)C)CCCC1. The standard InChI is InChI=1S/C15H31N3/c1-17(2)15(9-5-6-10-15)13-16-12-14-8-4-7-11-18(14)3/h14,16H,4-13H2,1-3H3. The Bertz CT molecular complexity index is 246. The van der Waals surface area contributed by atoms with Crippen LogP contribution >= 0.6 is 0 Å². The van der Waals surface area contributed by atoms with E-state index in [1.165, 1.54) is 64.6 Å². The average Bonchev–Trinajstić information content (AvgIpc) is 2.82. The molecule has 0 aromatic heterocycles. The molecular weight excluding hydrogens is 222 g/mol. The van der Waals surface area contributed by atoms with E-state index in [2.05, 4.69) is 36.3 Å². The van der Waals surface area contributed by atoms with E-state index in [1.54, 1.807) is 0 Å². The first-order chi connectivity index (χ1) is 8.64. The summed E-state index contributed by atoms with van der Waals surface area (Å²) in [5, 5.41) is 3.77. The lowest BCUT2D eigenvalue weighted by molar-refractivity contribution is 0.139. The zero-order chi connectivity index (χ0) is 13.0. The van der Waals surface area contributed by atoms with Crippen LogP contribution in [0.15, 0.2) is 0 Å². The molecular formula is C15H31N3. The summed E-state index contributed by atoms with van der Waals surface area (Å²) in [5.74, 6) is 0. The van der Waals surface area contributed by atoms with E-state index in [0.29, 0.717) is 5.54 Å². The van der Waals surface area contributed by atoms with E-state index in [-0.39, 0.29) is 0 Å². The van der Waals surface area contributed by atoms with Crippen LogP contribution in [-0.2, 0) is 0 Å². The molecule has 3 nitrogen and oxygen atoms in total. The van der Waals surface area contributed by atoms with Crippen molar-refractivity contribution in [2.24, 2.45) is 0 Å². The highest BCUT2D eigenvalue weighted by atomic mass is 15.2. The number of likely N-dealkylation sites (tertiary alicyclic amines) is 1. The van der Waals surface area contributed by atoms with Crippen LogP contribution in [0.1, 0.15) is 44.9 Å². The second-order valence-corrected chi connectivity index (χ2v) is 6.59. The summed E-state index contributed by atoms with van der Waals surface area (Å²) in [6.45, 7) is 3.63. The smallest absolute Gasteiger partial charge is 0.0327 e. The Morgan fingerprint density at radius 2 is 1.89 bits per heavy atom. The Labute approximate surface area is 113 Å². The van der Waals surface area contributed by atoms with Crippen molar-refractivity contribution >= 4 is 0 Å². The third kappa shape index (κ3) is 3.25. The number of hydrogen-bond donors (Lipinski definition) is 1. The third-order valence-electron chi connectivity index (χ3n) is 5.24. The molecule has 1 heterocycles. The minimum atomic E-state index is 0.438. The molecule has 1 atom stereocenters. The summed E-state index contributed by atoms with van der Waals surface area (Å²) in [4.78, 5) is 4.99. The molecule has 1 aliphatic carbocycles. The van der Waals surface area contributed by atoms with E-state index >= 15 is 0 Å². The number of hydrogen-bond acceptors (Lipinski definition) is 3. The fourth-order valence-electron chi connectivity index (χ4n) is 3.69. The molecule has 0 amide bonds. The first-order valence-electron chi connectivity index (χ1n) is 7.72. The van der Waals surface area contributed by atoms with Gasteiger partial charge in [0.1, 0.15) is 0 Å². The Morgan fingerprint density at radius 3 is 2.50 bits per heavy atom. The molecule has 2 aliphatic rings. The molecule has 1 saturated heterocycles. The molecule has 106 valence electrons. The van der Waals surface area contributed by atoms with Gasteiger partial charge in [-0.15, -0.1) is 0 Å². The van der Waals surface area contributed by atoms with Crippen LogP contribution in [0.5, 0.6) is 0 Å². The van der Waals surface area contributed by atoms with Gasteiger partial charge in [0.2, 0.25) is 0 Å². The molecule has 0 aromatic rings. The molecule has 0 radical (unpaired) electrons. The summed E-state index contributed by atoms with van der Waals surface area (Å²) in [7, 11) is 6.78. The van der Waals surface area contributed by atoms with E-state index in [4.69, 9.17) is 0 Å². The largest absolute Gasteiger partial charge is 0.313 e. The first kappa shape index (κ1) is 14.3. The predicted octanol–water partition coefficient (Wildman–Crippen LogP) is 1.93. The van der Waals surface area contributed by atoms with Gasteiger partial charge in [-0.2, -0.15) is 0 Å². The minimum Gasteiger partial charge on any atom is -0.313 e. The van der Waals surface area contributed by atoms with Gasteiger partial charge in [0, 0.05) is 24.7 Å². The van der Waals surface area contributed by atoms with Crippen molar-refractivity contribution in [2.75, 3.05) is 40.8 Å². The lowest BCUT2D eigenvalue weighted by atomic mass is 9.95. The minimum absolute atomic E-state index is 0.438. The number of nitrogens with zero attached hydrogens (tertiary/aromatic N) is 2. The molecule has 1 aliphatic heterocycles. The fraction of sp³-hybridized carbons (Fsp3) is 1.00. The van der Waals surface area contributed by atoms with Gasteiger partial charge in [0.05, 0.1) is 0 Å². The van der Waals surface area contributed by atoms with Gasteiger partial charge in [0.25, 0.3) is 0 Å². The van der Waals surface area contributed by atoms with E-state index in [1.807, 2.05) is 0 Å². The van der Waals surface area contributed by atoms with Gasteiger partial charge in [0.15, 0.2) is 0 Å². The second kappa shape index (κ2) is 6.36. The van der Waals surface area contributed by atoms with Crippen molar-refractivity contribution < 1.29 is 0 Å². The quantitative estimate of drug-likeness (QED) is 0.808. The number of rotatable bonds is 5. The van der Waals surface area contributed by atoms with Gasteiger partial charge < -0.3 is 15.1 Å². The lowest BCUT2D eigenvalue weighted by Crippen LogP contribution is -2.52. The van der Waals surface area contributed by atoms with Crippen molar-refractivity contribution in [1.82, 2.24) is 15.1 Å². The molecule has 2 rings (SSSR count). The van der Waals surface area contributed by atoms with Crippen LogP contribution in [0.4, 0.5) is 0 Å². The molecule has 1 saturated carbocycles. The van der Waals surface area contributed by atoms with Crippen molar-refractivity contribution in [1.29, 1.82) is 0 Å². The van der Waals surface area contributed by atoms with Crippen molar-refractivity contribution in [2.45, 2.75) is 56.5 Å². The second-order valence-electron chi connectivity index (χ2n) is 6.59. The molecule has 1 unspecified atom stereocenters. The fourth-order valence-corrected chi connectivity index (χ4v) is 3.69. The topological polar surface area (TPSA) is 18.5 Å². The molecule has 0 bridgehead atoms. The van der Waals surface area contributed by atoms with Crippen LogP contribution in [-0.4, -0.2) is 62.2 Å². The maximum Gasteiger partial charge on any atom is 0.0327 e. The summed E-state index contributed by atoms with van der Waals surface area (Å²) in [6.07, 6.45) is 9.72. The molecule has 0 spiro atoms. The lowest BCUT2D eigenvalue weighted by Gasteiger charge is -2.38. The highest BCUT2D eigenvalue weighted by Gasteiger charge is 2.35. The number of nitrogens with one attached hydrogen (secondary N) is 1. The van der Waals surface area contributed by atoms with E-state index in [0.717, 1.165) is 6.04 Å². The maximum absolute atomic E-state index is 3.77. The van der Waals surface area contributed by atoms with Crippen molar-refractivity contribution in [3.63, 3.8) is 0 Å². The first-order valence-corrected chi connectivity index (χ1v) is 7.72. The molecule has 1 N–H and O–H groups in total. The third-order valence-corrected chi connectivity index (χ3v) is 5.24. The van der Waals surface area contributed by atoms with Gasteiger partial charge in [-0.25, -0.2) is 0 Å². The van der Waals surface area contributed by atoms with Crippen molar-refractivity contribution in [3.05, 3.63) is 0 Å². The van der Waals surface area contributed by atoms with Crippen LogP contribution in [0.2, 0.25) is 0 Å². The Morgan fingerprint density at radius 1 is 1.17 bits per heavy atom. The van der Waals surface area contributed by atoms with Gasteiger partial charge in [-0.3, -0.25) is 0 Å². The molecule has 18 heavy (non-hydrogen) atoms. The molecule has 3 heteroatoms. The Kier molecular flexibility index (Phi) is 5.05. The Balaban J connectivity index is 1.76. The summed E-state index contributed by atoms with van der Waals surface area (Å²) in [6, 6.07) is 0.763. The van der Waals surface area contributed by atoms with Crippen LogP contribution in [0.3, 0.4) is 0 Å². The van der Waals surface area contributed by atoms with E-state index < -0.39 is 0 Å². The van der Waals surface area contributed by atoms with Gasteiger partial charge >= 0.3 is 0 Å². The van der Waals surface area contributed by atoms with Crippen LogP contribution in [0, 0.1) is 0 Å². The number of piperidine rings is 1. The van der Waals surface area contributed by atoms with Crippen molar-refractivity contribution in [3.8, 4) is 0 Å². The number of likely N-dealkylation sites (N-methyl/N-ethyl adjacent to an activating group) is 2. The van der Waals surface area contributed by atoms with Gasteiger partial charge in [-0.05, 0) is 53.4 Å². The van der Waals surface area contributed by atoms with Gasteiger partial charge in [-0.1, -0.05) is 19.3 Å². The maximum atomic E-state index is 3.77. The normalized spacial score (nSPS) is 29.0. The predicted molar refractivity (Wildman–Crippen MR) is 78.0 cm³/mol. The summed E-state index contributed by atoms with van der Waals surface area (Å²) in [5.41, 5.74) is 0.438. The monoisotopic (exact) mass is 253 g/mol. The molecule has 0 aromatic carbocycles. The Hall–Kier alpha value is -0.120. The highest BCUT2D eigenvalue weighted by molar-refractivity contribution is 4.94. The zero-order valence-electron chi connectivity index (χ0n) is 12.5. The average molecular weight is 253 g/mol. The summed E-state index contributed by atoms with van der Waals surface area (Å²) >= 11 is 0. The van der Waals surface area contributed by atoms with Crippen LogP contribution < -0.4 is 5.32 Å². The van der Waals surface area contributed by atoms with Crippen LogP contribution in [0.25, 0.3) is 0 Å². The summed E-state index contributed by atoms with van der Waals surface area (Å²) < 4.78 is 0.